The van der Waals surface area contributed by atoms with Crippen LogP contribution in [0.1, 0.15) is 65.8 Å². The molecule has 0 amide bonds. The molecule has 0 saturated heterocycles. The third-order valence-corrected chi connectivity index (χ3v) is 25.0. The minimum atomic E-state index is -0.785. The van der Waals surface area contributed by atoms with E-state index < -0.39 is 251 Å². The van der Waals surface area contributed by atoms with Gasteiger partial charge in [0.1, 0.15) is 0 Å². The van der Waals surface area contributed by atoms with Gasteiger partial charge in [-0.2, -0.15) is 0 Å². The van der Waals surface area contributed by atoms with Gasteiger partial charge in [0.25, 0.3) is 0 Å². The van der Waals surface area contributed by atoms with E-state index in [4.69, 9.17) is 57.6 Å². The Morgan fingerprint density at radius 2 is 0.222 bits per heavy atom. The van der Waals surface area contributed by atoms with Crippen molar-refractivity contribution in [3.8, 4) is 51.2 Å². The van der Waals surface area contributed by atoms with Gasteiger partial charge in [-0.1, -0.05) is 327 Å². The molecule has 9 heteroatoms. The Morgan fingerprint density at radius 3 is 0.378 bits per heavy atom. The van der Waals surface area contributed by atoms with Crippen LogP contribution in [-0.2, 0) is 0 Å². The minimum absolute atomic E-state index is 0.0489. The van der Waals surface area contributed by atoms with Crippen LogP contribution in [0.2, 0.25) is 0 Å². The molecule has 0 saturated carbocycles. The third-order valence-electron chi connectivity index (χ3n) is 25.0. The molecule has 0 unspecified atom stereocenters. The second-order valence-electron chi connectivity index (χ2n) is 31.9. The first kappa shape index (κ1) is 42.6. The summed E-state index contributed by atoms with van der Waals surface area (Å²) in [6, 6.07) is 34.0. The molecule has 9 heterocycles. The van der Waals surface area contributed by atoms with E-state index in [-0.39, 0.29) is 168 Å². The minimum Gasteiger partial charge on any atom is -0.309 e. The summed E-state index contributed by atoms with van der Waals surface area (Å²) >= 11 is 0. The first-order valence-electron chi connectivity index (χ1n) is 66.4. The molecule has 30 rings (SSSR count). The second-order valence-corrected chi connectivity index (χ2v) is 31.9. The molecule has 630 valence electrons. The lowest BCUT2D eigenvalue weighted by Crippen LogP contribution is -2.03. The molecule has 9 nitrogen and oxygen atoms in total. The van der Waals surface area contributed by atoms with Gasteiger partial charge in [-0.25, -0.2) is 0 Å². The SMILES string of the molecule is [2H]c1c([2H])c([2H])c2c(c1[2H])c1c([2H])c([2H])c([2H])c([2H])c1n2-c1cc(-n2c3c([2H])c([2H])c([2H])c([2H])c3c3c([2H])c([2H])c([2H])c([2H])c32)cc(-n2c3c([2H])c([2H])c([2H])c([2H])c3c3c([2H])c([2H])c([2H])c([2H])c32)c1.[2H]c1cc2c(c([2H])c1[2H])c1c([2H])c([2H])c([2H])cc1n2-c1cc(-n2c3cc([2H])c([2H])c([2H])c3c3c([2H])c([2H])c([2H])cc32)cc(-n2c3cc([2H])c([2H])c([2H])c3c3c([2H])c([2H])c([2H])cc32)c1.[2H]c1ccc2c(c1)c1cc([2H])ccc1n2-c1cc(-n2c3ccc([2H])cc3c3cc([2H])ccc32)cc(-n2c3ccc([2H])cc3c3cc([2H])ccc32)c1. The largest absolute Gasteiger partial charge is 0.309 e. The van der Waals surface area contributed by atoms with Crippen molar-refractivity contribution in [3.63, 3.8) is 0 Å². The average Bonchev–Trinajstić information content (AvgIpc) is 1.52. The lowest BCUT2D eigenvalue weighted by Gasteiger charge is -2.17. The molecular formula is C126H81N9. The highest BCUT2D eigenvalue weighted by Gasteiger charge is 2.26. The van der Waals surface area contributed by atoms with Gasteiger partial charge in [0.05, 0.1) is 216 Å². The molecule has 0 radical (unpaired) electrons. The molecule has 0 atom stereocenters. The van der Waals surface area contributed by atoms with Crippen molar-refractivity contribution < 1.29 is 65.8 Å². The van der Waals surface area contributed by atoms with E-state index in [1.54, 1.807) is 54.6 Å². The maximum absolute atomic E-state index is 9.22. The predicted octanol–water partition coefficient (Wildman–Crippen LogP) is 32.9. The zero-order valence-corrected chi connectivity index (χ0v) is 69.6. The van der Waals surface area contributed by atoms with Crippen molar-refractivity contribution in [2.24, 2.45) is 0 Å². The third kappa shape index (κ3) is 11.6. The van der Waals surface area contributed by atoms with Crippen molar-refractivity contribution in [1.82, 2.24) is 41.1 Å². The fourth-order valence-electron chi connectivity index (χ4n) is 19.6. The molecule has 30 aromatic rings. The lowest BCUT2D eigenvalue weighted by molar-refractivity contribution is 1.10. The highest BCUT2D eigenvalue weighted by atomic mass is 15.1. The van der Waals surface area contributed by atoms with Crippen molar-refractivity contribution in [3.05, 3.63) is 490 Å². The number of hydrogen-bond donors (Lipinski definition) is 0. The normalized spacial score (nSPS) is 17.0. The number of fused-ring (bicyclic) bond motifs is 27. The van der Waals surface area contributed by atoms with Crippen LogP contribution >= 0.6 is 0 Å². The topological polar surface area (TPSA) is 44.4 Å². The fourth-order valence-corrected chi connectivity index (χ4v) is 19.6. The number of rotatable bonds is 9. The molecule has 21 aromatic carbocycles. The Bertz CT molecular complexity index is 11500. The molecule has 0 aliphatic carbocycles. The van der Waals surface area contributed by atoms with Crippen LogP contribution in [0.3, 0.4) is 0 Å². The van der Waals surface area contributed by atoms with Crippen LogP contribution in [0.5, 0.6) is 0 Å². The highest BCUT2D eigenvalue weighted by molar-refractivity contribution is 6.18. The van der Waals surface area contributed by atoms with Gasteiger partial charge in [0.15, 0.2) is 0 Å². The maximum Gasteiger partial charge on any atom is 0.0645 e. The van der Waals surface area contributed by atoms with E-state index in [1.807, 2.05) is 72.8 Å². The molecule has 0 aliphatic rings. The van der Waals surface area contributed by atoms with Crippen LogP contribution < -0.4 is 0 Å². The quantitative estimate of drug-likeness (QED) is 0.138. The predicted molar refractivity (Wildman–Crippen MR) is 568 cm³/mol. The molecule has 0 N–H and O–H groups in total. The van der Waals surface area contributed by atoms with Gasteiger partial charge >= 0.3 is 0 Å². The molecule has 0 fully saturated rings. The summed E-state index contributed by atoms with van der Waals surface area (Å²) in [5, 5.41) is 3.54. The van der Waals surface area contributed by atoms with Crippen LogP contribution in [0.15, 0.2) is 490 Å². The van der Waals surface area contributed by atoms with E-state index in [1.165, 1.54) is 68.3 Å². The first-order valence-corrected chi connectivity index (χ1v) is 42.4. The Morgan fingerprint density at radius 1 is 0.104 bits per heavy atom. The van der Waals surface area contributed by atoms with Crippen molar-refractivity contribution in [1.29, 1.82) is 0 Å². The Labute approximate surface area is 842 Å². The van der Waals surface area contributed by atoms with Crippen LogP contribution in [0.4, 0.5) is 0 Å². The maximum atomic E-state index is 9.22. The first-order chi connectivity index (χ1) is 86.8. The van der Waals surface area contributed by atoms with Crippen molar-refractivity contribution in [2.75, 3.05) is 0 Å². The smallest absolute Gasteiger partial charge is 0.0645 e. The summed E-state index contributed by atoms with van der Waals surface area (Å²) in [5.74, 6) is 0. The van der Waals surface area contributed by atoms with Gasteiger partial charge in [-0.15, -0.1) is 0 Å². The van der Waals surface area contributed by atoms with E-state index in [2.05, 4.69) is 31.9 Å². The van der Waals surface area contributed by atoms with Crippen molar-refractivity contribution in [2.45, 2.75) is 0 Å². The monoisotopic (exact) mass is 1770 g/mol. The molecule has 135 heavy (non-hydrogen) atoms. The van der Waals surface area contributed by atoms with Crippen LogP contribution in [0.25, 0.3) is 247 Å². The average molecular weight is 1770 g/mol. The molecule has 9 aromatic heterocycles. The van der Waals surface area contributed by atoms with E-state index >= 15 is 0 Å². The van der Waals surface area contributed by atoms with Gasteiger partial charge in [0.2, 0.25) is 0 Å². The van der Waals surface area contributed by atoms with Gasteiger partial charge in [0, 0.05) is 97.0 Å². The summed E-state index contributed by atoms with van der Waals surface area (Å²) in [7, 11) is 0. The number of benzene rings is 21. The molecule has 0 spiro atoms. The molecular weight excluding hydrogens is 1640 g/mol. The Kier molecular flexibility index (Phi) is 9.53. The summed E-state index contributed by atoms with van der Waals surface area (Å²) in [5.41, 5.74) is 6.28. The Balaban J connectivity index is 0.000000126. The number of hydrogen-bond acceptors (Lipinski definition) is 0. The lowest BCUT2D eigenvalue weighted by atomic mass is 10.2. The summed E-state index contributed by atoms with van der Waals surface area (Å²) in [4.78, 5) is 0. The summed E-state index contributed by atoms with van der Waals surface area (Å²) < 4.78 is 435. The van der Waals surface area contributed by atoms with Gasteiger partial charge in [-0.3, -0.25) is 0 Å². The fraction of sp³-hybridized carbons (Fsp3) is 0. The zero-order valence-electron chi connectivity index (χ0n) is 118. The van der Waals surface area contributed by atoms with E-state index in [0.717, 1.165) is 96.2 Å². The highest BCUT2D eigenvalue weighted by Crippen LogP contribution is 2.46. The van der Waals surface area contributed by atoms with Crippen LogP contribution in [-0.4, -0.2) is 41.1 Å². The van der Waals surface area contributed by atoms with Gasteiger partial charge < -0.3 is 41.1 Å². The van der Waals surface area contributed by atoms with Crippen molar-refractivity contribution >= 4 is 196 Å². The number of aromatic nitrogens is 9. The zero-order chi connectivity index (χ0) is 130. The standard InChI is InChI=1S/3C42H27N3/c3*1-7-19-37-31(13-1)32-14-2-8-20-38(32)43(37)28-25-29(44-39-21-9-3-15-33(39)34-16-4-10-22-40(34)44)27-30(26-28)45-41-23-11-5-17-35(41)36-18-6-12-24-42(36)45/h3*1-27H/i1D,2D,3D,4D,5D,6D,7D,8D,9D,10D,11D,12D,13D,14D,15D,16D,17D,18D,19D,20D,21D,22D,23D,24D;1D,2D,3D,4D,5D,6D,7D,8D,9D,10D,11D,12D,13D,14D,15D,16D,17D,18D;1D,2D,3D,4D,5D,6D. The summed E-state index contributed by atoms with van der Waals surface area (Å²) in [6.45, 7) is 0. The second kappa shape index (κ2) is 30.2. The molecule has 0 bridgehead atoms. The van der Waals surface area contributed by atoms with Gasteiger partial charge in [-0.05, 0) is 164 Å². The van der Waals surface area contributed by atoms with E-state index in [9.17, 15) is 8.22 Å². The number of nitrogens with zero attached hydrogens (tertiary/aromatic N) is 9. The van der Waals surface area contributed by atoms with E-state index in [0.29, 0.717) is 36.3 Å². The molecule has 0 aliphatic heterocycles. The number of para-hydroxylation sites is 18. The Hall–Kier alpha value is -18.2. The summed E-state index contributed by atoms with van der Waals surface area (Å²) in [6.07, 6.45) is 0. The van der Waals surface area contributed by atoms with Crippen LogP contribution in [0, 0.1) is 0 Å².